The van der Waals surface area contributed by atoms with E-state index >= 15 is 0 Å². The highest BCUT2D eigenvalue weighted by atomic mass is 16.2. The van der Waals surface area contributed by atoms with Gasteiger partial charge in [0.15, 0.2) is 0 Å². The Labute approximate surface area is 54.8 Å². The lowest BCUT2D eigenvalue weighted by molar-refractivity contribution is -0.130. The van der Waals surface area contributed by atoms with E-state index in [-0.39, 0.29) is 5.91 Å². The van der Waals surface area contributed by atoms with Gasteiger partial charge in [-0.25, -0.2) is 5.84 Å². The number of amides is 1. The maximum absolute atomic E-state index is 10.6. The number of hydrogen-bond donors (Lipinski definition) is 1. The summed E-state index contributed by atoms with van der Waals surface area (Å²) in [6.07, 6.45) is 5.71. The lowest BCUT2D eigenvalue weighted by Gasteiger charge is -2.06. The first-order chi connectivity index (χ1) is 4.18. The topological polar surface area (TPSA) is 46.3 Å². The van der Waals surface area contributed by atoms with Crippen LogP contribution in [0.1, 0.15) is 12.8 Å². The molecule has 3 heteroatoms. The first-order valence-corrected chi connectivity index (χ1v) is 2.63. The molecule has 0 saturated carbocycles. The molecule has 0 unspecified atom stereocenters. The van der Waals surface area contributed by atoms with Gasteiger partial charge < -0.3 is 0 Å². The van der Waals surface area contributed by atoms with Crippen LogP contribution < -0.4 is 5.84 Å². The minimum atomic E-state index is -0.132. The van der Waals surface area contributed by atoms with Crippen LogP contribution in [0.5, 0.6) is 0 Å². The molecule has 0 aliphatic rings. The molecule has 3 nitrogen and oxygen atoms in total. The van der Waals surface area contributed by atoms with Gasteiger partial charge in [0.1, 0.15) is 0 Å². The van der Waals surface area contributed by atoms with E-state index in [4.69, 9.17) is 12.3 Å². The molecule has 0 radical (unpaired) electrons. The molecule has 0 atom stereocenters. The van der Waals surface area contributed by atoms with Gasteiger partial charge in [0, 0.05) is 19.9 Å². The lowest BCUT2D eigenvalue weighted by atomic mass is 10.3. The Balaban J connectivity index is 3.42. The fourth-order valence-corrected chi connectivity index (χ4v) is 0.355. The number of carbonyl (C=O) groups excluding carboxylic acids is 1. The van der Waals surface area contributed by atoms with Crippen molar-refractivity contribution in [1.29, 1.82) is 0 Å². The van der Waals surface area contributed by atoms with Crippen molar-refractivity contribution in [1.82, 2.24) is 5.01 Å². The monoisotopic (exact) mass is 126 g/mol. The third-order valence-corrected chi connectivity index (χ3v) is 0.877. The molecule has 0 aliphatic heterocycles. The van der Waals surface area contributed by atoms with Gasteiger partial charge in [0.2, 0.25) is 5.91 Å². The molecule has 0 aromatic heterocycles. The summed E-state index contributed by atoms with van der Waals surface area (Å²) in [5.41, 5.74) is 0. The minimum Gasteiger partial charge on any atom is -0.284 e. The van der Waals surface area contributed by atoms with Crippen LogP contribution >= 0.6 is 0 Å². The highest BCUT2D eigenvalue weighted by molar-refractivity contribution is 5.75. The van der Waals surface area contributed by atoms with E-state index in [0.29, 0.717) is 12.8 Å². The number of nitrogens with two attached hydrogens (primary N) is 1. The summed E-state index contributed by atoms with van der Waals surface area (Å²) >= 11 is 0. The van der Waals surface area contributed by atoms with Crippen molar-refractivity contribution < 1.29 is 4.79 Å². The second-order valence-corrected chi connectivity index (χ2v) is 1.71. The van der Waals surface area contributed by atoms with Crippen molar-refractivity contribution in [2.45, 2.75) is 12.8 Å². The number of terminal acetylenes is 1. The van der Waals surface area contributed by atoms with Crippen LogP contribution in [0, 0.1) is 12.3 Å². The minimum absolute atomic E-state index is 0.132. The molecule has 0 bridgehead atoms. The van der Waals surface area contributed by atoms with E-state index in [0.717, 1.165) is 5.01 Å². The van der Waals surface area contributed by atoms with Gasteiger partial charge in [-0.2, -0.15) is 0 Å². The molecule has 2 N–H and O–H groups in total. The molecular weight excluding hydrogens is 116 g/mol. The summed E-state index contributed by atoms with van der Waals surface area (Å²) in [6, 6.07) is 0. The maximum Gasteiger partial charge on any atom is 0.237 e. The Kier molecular flexibility index (Phi) is 3.49. The van der Waals surface area contributed by atoms with Gasteiger partial charge >= 0.3 is 0 Å². The summed E-state index contributed by atoms with van der Waals surface area (Å²) in [5.74, 6) is 7.31. The molecule has 0 aliphatic carbocycles. The predicted molar refractivity (Wildman–Crippen MR) is 35.0 cm³/mol. The van der Waals surface area contributed by atoms with E-state index in [1.807, 2.05) is 0 Å². The number of hydrazine groups is 1. The highest BCUT2D eigenvalue weighted by Gasteiger charge is 2.00. The van der Waals surface area contributed by atoms with Crippen LogP contribution in [0.25, 0.3) is 0 Å². The summed E-state index contributed by atoms with van der Waals surface area (Å²) < 4.78 is 0. The quantitative estimate of drug-likeness (QED) is 0.239. The summed E-state index contributed by atoms with van der Waals surface area (Å²) in [5, 5.41) is 1.04. The van der Waals surface area contributed by atoms with Crippen LogP contribution in [0.4, 0.5) is 0 Å². The standard InChI is InChI=1S/C6H10N2O/c1-3-4-5-6(9)8(2)7/h1H,4-5,7H2,2H3. The van der Waals surface area contributed by atoms with E-state index in [1.54, 1.807) is 0 Å². The van der Waals surface area contributed by atoms with Gasteiger partial charge in [-0.05, 0) is 0 Å². The van der Waals surface area contributed by atoms with Gasteiger partial charge in [0.05, 0.1) is 0 Å². The normalized spacial score (nSPS) is 8.11. The van der Waals surface area contributed by atoms with Gasteiger partial charge in [-0.15, -0.1) is 12.3 Å². The molecule has 0 fully saturated rings. The van der Waals surface area contributed by atoms with E-state index in [1.165, 1.54) is 7.05 Å². The average Bonchev–Trinajstić information content (AvgIpc) is 1.82. The van der Waals surface area contributed by atoms with Crippen LogP contribution in [-0.2, 0) is 4.79 Å². The molecule has 0 rings (SSSR count). The zero-order valence-electron chi connectivity index (χ0n) is 5.42. The zero-order chi connectivity index (χ0) is 7.28. The molecule has 0 spiro atoms. The maximum atomic E-state index is 10.6. The van der Waals surface area contributed by atoms with Gasteiger partial charge in [-0.3, -0.25) is 9.80 Å². The van der Waals surface area contributed by atoms with Crippen molar-refractivity contribution >= 4 is 5.91 Å². The number of nitrogens with zero attached hydrogens (tertiary/aromatic N) is 1. The molecule has 0 aromatic rings. The zero-order valence-corrected chi connectivity index (χ0v) is 5.42. The first kappa shape index (κ1) is 7.99. The van der Waals surface area contributed by atoms with Crippen molar-refractivity contribution in [2.75, 3.05) is 7.05 Å². The number of rotatable bonds is 2. The van der Waals surface area contributed by atoms with E-state index in [9.17, 15) is 4.79 Å². The number of carbonyl (C=O) groups is 1. The summed E-state index contributed by atoms with van der Waals surface area (Å²) in [7, 11) is 1.50. The van der Waals surface area contributed by atoms with E-state index in [2.05, 4.69) is 5.92 Å². The Morgan fingerprint density at radius 2 is 2.44 bits per heavy atom. The third kappa shape index (κ3) is 3.56. The summed E-state index contributed by atoms with van der Waals surface area (Å²) in [4.78, 5) is 10.6. The molecule has 1 amide bonds. The van der Waals surface area contributed by atoms with Crippen LogP contribution in [0.3, 0.4) is 0 Å². The third-order valence-electron chi connectivity index (χ3n) is 0.877. The second-order valence-electron chi connectivity index (χ2n) is 1.71. The first-order valence-electron chi connectivity index (χ1n) is 2.63. The Morgan fingerprint density at radius 3 is 2.78 bits per heavy atom. The fourth-order valence-electron chi connectivity index (χ4n) is 0.355. The van der Waals surface area contributed by atoms with Gasteiger partial charge in [0.25, 0.3) is 0 Å². The average molecular weight is 126 g/mol. The van der Waals surface area contributed by atoms with Gasteiger partial charge in [-0.1, -0.05) is 0 Å². The summed E-state index contributed by atoms with van der Waals surface area (Å²) in [6.45, 7) is 0. The van der Waals surface area contributed by atoms with Crippen LogP contribution in [0.2, 0.25) is 0 Å². The van der Waals surface area contributed by atoms with Crippen molar-refractivity contribution in [3.05, 3.63) is 0 Å². The fraction of sp³-hybridized carbons (Fsp3) is 0.500. The Bertz CT molecular complexity index is 134. The highest BCUT2D eigenvalue weighted by Crippen LogP contribution is 1.88. The lowest BCUT2D eigenvalue weighted by Crippen LogP contribution is -2.32. The SMILES string of the molecule is C#CCCC(=O)N(C)N. The molecular formula is C6H10N2O. The van der Waals surface area contributed by atoms with E-state index < -0.39 is 0 Å². The second kappa shape index (κ2) is 3.93. The molecule has 0 heterocycles. The molecule has 0 saturated heterocycles. The van der Waals surface area contributed by atoms with Crippen molar-refractivity contribution in [3.8, 4) is 12.3 Å². The molecule has 9 heavy (non-hydrogen) atoms. The largest absolute Gasteiger partial charge is 0.284 e. The Hall–Kier alpha value is -1.01. The van der Waals surface area contributed by atoms with Crippen LogP contribution in [0.15, 0.2) is 0 Å². The Morgan fingerprint density at radius 1 is 1.89 bits per heavy atom. The molecule has 0 aromatic carbocycles. The molecule has 50 valence electrons. The smallest absolute Gasteiger partial charge is 0.237 e. The van der Waals surface area contributed by atoms with Crippen LogP contribution in [-0.4, -0.2) is 18.0 Å². The number of hydrogen-bond acceptors (Lipinski definition) is 2. The van der Waals surface area contributed by atoms with Crippen molar-refractivity contribution in [2.24, 2.45) is 5.84 Å². The predicted octanol–water partition coefficient (Wildman–Crippen LogP) is -0.268. The van der Waals surface area contributed by atoms with Crippen molar-refractivity contribution in [3.63, 3.8) is 0 Å².